The van der Waals surface area contributed by atoms with Crippen molar-refractivity contribution in [3.8, 4) is 17.2 Å². The highest BCUT2D eigenvalue weighted by atomic mass is 16.5. The van der Waals surface area contributed by atoms with E-state index < -0.39 is 6.04 Å². The second-order valence-corrected chi connectivity index (χ2v) is 9.23. The van der Waals surface area contributed by atoms with Crippen LogP contribution in [-0.2, 0) is 16.1 Å². The van der Waals surface area contributed by atoms with E-state index in [2.05, 4.69) is 0 Å². The fourth-order valence-corrected chi connectivity index (χ4v) is 5.19. The first-order valence-corrected chi connectivity index (χ1v) is 12.6. The minimum absolute atomic E-state index is 0.0174. The molecule has 0 aromatic heterocycles. The van der Waals surface area contributed by atoms with Crippen LogP contribution in [0.2, 0.25) is 0 Å². The Kier molecular flexibility index (Phi) is 8.16. The van der Waals surface area contributed by atoms with Crippen molar-refractivity contribution < 1.29 is 23.8 Å². The van der Waals surface area contributed by atoms with Crippen LogP contribution in [0.15, 0.2) is 42.5 Å². The summed E-state index contributed by atoms with van der Waals surface area (Å²) in [5.74, 6) is 1.87. The maximum absolute atomic E-state index is 14.0. The summed E-state index contributed by atoms with van der Waals surface area (Å²) in [7, 11) is 3.21. The summed E-state index contributed by atoms with van der Waals surface area (Å²) in [5.41, 5.74) is 1.67. The highest BCUT2D eigenvalue weighted by Crippen LogP contribution is 2.37. The van der Waals surface area contributed by atoms with E-state index in [-0.39, 0.29) is 24.4 Å². The van der Waals surface area contributed by atoms with Crippen molar-refractivity contribution in [1.82, 2.24) is 9.80 Å². The van der Waals surface area contributed by atoms with Crippen LogP contribution in [0.4, 0.5) is 0 Å². The summed E-state index contributed by atoms with van der Waals surface area (Å²) in [5, 5.41) is 0. The zero-order chi connectivity index (χ0) is 24.8. The Labute approximate surface area is 207 Å². The van der Waals surface area contributed by atoms with Crippen LogP contribution in [-0.4, -0.2) is 55.0 Å². The number of hydrogen-bond acceptors (Lipinski definition) is 5. The van der Waals surface area contributed by atoms with Crippen LogP contribution < -0.4 is 14.2 Å². The average Bonchev–Trinajstić information content (AvgIpc) is 3.17. The summed E-state index contributed by atoms with van der Waals surface area (Å²) >= 11 is 0. The number of carbonyl (C=O) groups is 2. The lowest BCUT2D eigenvalue weighted by molar-refractivity contribution is -0.159. The lowest BCUT2D eigenvalue weighted by Gasteiger charge is -2.43. The molecular formula is C28H36N2O5. The summed E-state index contributed by atoms with van der Waals surface area (Å²) in [6, 6.07) is 12.5. The predicted molar refractivity (Wildman–Crippen MR) is 134 cm³/mol. The molecule has 7 nitrogen and oxygen atoms in total. The highest BCUT2D eigenvalue weighted by molar-refractivity contribution is 5.96. The van der Waals surface area contributed by atoms with Crippen molar-refractivity contribution in [2.45, 2.75) is 64.1 Å². The van der Waals surface area contributed by atoms with Gasteiger partial charge in [-0.1, -0.05) is 43.9 Å². The first-order valence-electron chi connectivity index (χ1n) is 12.6. The molecule has 2 aliphatic rings. The number of piperazine rings is 1. The molecule has 1 aliphatic carbocycles. The minimum atomic E-state index is -0.716. The van der Waals surface area contributed by atoms with Crippen LogP contribution in [0, 0.1) is 0 Å². The minimum Gasteiger partial charge on any atom is -0.497 e. The van der Waals surface area contributed by atoms with E-state index in [9.17, 15) is 9.59 Å². The van der Waals surface area contributed by atoms with E-state index in [1.54, 1.807) is 19.1 Å². The monoisotopic (exact) mass is 480 g/mol. The van der Waals surface area contributed by atoms with Crippen molar-refractivity contribution in [3.63, 3.8) is 0 Å². The molecule has 2 aromatic rings. The van der Waals surface area contributed by atoms with Gasteiger partial charge in [0.15, 0.2) is 11.5 Å². The van der Waals surface area contributed by atoms with Crippen LogP contribution in [0.1, 0.15) is 62.6 Å². The molecule has 4 rings (SSSR count). The zero-order valence-corrected chi connectivity index (χ0v) is 21.0. The third-order valence-electron chi connectivity index (χ3n) is 7.04. The molecule has 1 aliphatic heterocycles. The fraction of sp³-hybridized carbons (Fsp3) is 0.500. The molecule has 7 heteroatoms. The number of hydrogen-bond donors (Lipinski definition) is 0. The Bertz CT molecular complexity index is 1010. The van der Waals surface area contributed by atoms with E-state index in [1.165, 1.54) is 12.8 Å². The molecule has 0 unspecified atom stereocenters. The number of benzene rings is 2. The van der Waals surface area contributed by atoms with Crippen molar-refractivity contribution >= 4 is 11.8 Å². The van der Waals surface area contributed by atoms with Gasteiger partial charge in [-0.3, -0.25) is 9.59 Å². The van der Waals surface area contributed by atoms with Gasteiger partial charge in [-0.2, -0.15) is 0 Å². The Morgan fingerprint density at radius 1 is 0.886 bits per heavy atom. The van der Waals surface area contributed by atoms with Gasteiger partial charge < -0.3 is 24.0 Å². The summed E-state index contributed by atoms with van der Waals surface area (Å²) < 4.78 is 16.5. The van der Waals surface area contributed by atoms with Gasteiger partial charge in [0.05, 0.1) is 20.8 Å². The third kappa shape index (κ3) is 5.55. The highest BCUT2D eigenvalue weighted by Gasteiger charge is 2.43. The molecule has 1 saturated heterocycles. The molecule has 1 atom stereocenters. The van der Waals surface area contributed by atoms with Gasteiger partial charge in [0.25, 0.3) is 5.91 Å². The van der Waals surface area contributed by atoms with Gasteiger partial charge >= 0.3 is 0 Å². The number of ether oxygens (including phenoxy) is 3. The van der Waals surface area contributed by atoms with E-state index in [1.807, 2.05) is 54.3 Å². The maximum atomic E-state index is 14.0. The number of methoxy groups -OCH3 is 2. The van der Waals surface area contributed by atoms with Gasteiger partial charge in [-0.05, 0) is 55.2 Å². The molecule has 188 valence electrons. The van der Waals surface area contributed by atoms with E-state index in [0.717, 1.165) is 42.6 Å². The van der Waals surface area contributed by atoms with Crippen LogP contribution in [0.25, 0.3) is 0 Å². The Morgan fingerprint density at radius 3 is 2.23 bits per heavy atom. The van der Waals surface area contributed by atoms with Crippen LogP contribution in [0.5, 0.6) is 17.2 Å². The Morgan fingerprint density at radius 2 is 1.60 bits per heavy atom. The Balaban J connectivity index is 1.70. The number of nitrogens with zero attached hydrogens (tertiary/aromatic N) is 2. The van der Waals surface area contributed by atoms with E-state index >= 15 is 0 Å². The lowest BCUT2D eigenvalue weighted by Crippen LogP contribution is -2.57. The fourth-order valence-electron chi connectivity index (χ4n) is 5.19. The quantitative estimate of drug-likeness (QED) is 0.511. The second-order valence-electron chi connectivity index (χ2n) is 9.23. The van der Waals surface area contributed by atoms with E-state index in [0.29, 0.717) is 24.7 Å². The molecule has 2 amide bonds. The van der Waals surface area contributed by atoms with E-state index in [4.69, 9.17) is 14.2 Å². The Hall–Kier alpha value is -3.22. The normalized spacial score (nSPS) is 19.5. The largest absolute Gasteiger partial charge is 0.497 e. The summed E-state index contributed by atoms with van der Waals surface area (Å²) in [6.45, 7) is 2.89. The molecule has 0 N–H and O–H groups in total. The molecule has 2 fully saturated rings. The van der Waals surface area contributed by atoms with Crippen molar-refractivity contribution in [3.05, 3.63) is 53.6 Å². The molecule has 1 saturated carbocycles. The van der Waals surface area contributed by atoms with Crippen molar-refractivity contribution in [1.29, 1.82) is 0 Å². The van der Waals surface area contributed by atoms with Gasteiger partial charge in [0.1, 0.15) is 18.3 Å². The topological polar surface area (TPSA) is 68.3 Å². The molecule has 0 radical (unpaired) electrons. The average molecular weight is 481 g/mol. The molecule has 2 aromatic carbocycles. The third-order valence-corrected chi connectivity index (χ3v) is 7.04. The number of rotatable bonds is 8. The second kappa shape index (κ2) is 11.5. The molecular weight excluding hydrogens is 444 g/mol. The molecule has 35 heavy (non-hydrogen) atoms. The SMILES string of the molecule is CCOc1ccc([C@@H]2C(=O)N(C3CCCCCC3)CC(=O)N2Cc2ccc(OC)cc2)cc1OC. The van der Waals surface area contributed by atoms with Crippen LogP contribution in [0.3, 0.4) is 0 Å². The smallest absolute Gasteiger partial charge is 0.250 e. The summed E-state index contributed by atoms with van der Waals surface area (Å²) in [4.78, 5) is 31.1. The van der Waals surface area contributed by atoms with Crippen molar-refractivity contribution in [2.75, 3.05) is 27.4 Å². The first kappa shape index (κ1) is 24.9. The first-order chi connectivity index (χ1) is 17.0. The maximum Gasteiger partial charge on any atom is 0.250 e. The van der Waals surface area contributed by atoms with Gasteiger partial charge in [0.2, 0.25) is 5.91 Å². The lowest BCUT2D eigenvalue weighted by atomic mass is 9.96. The number of amides is 2. The predicted octanol–water partition coefficient (Wildman–Crippen LogP) is 4.74. The standard InChI is InChI=1S/C28H36N2O5/c1-4-35-24-16-13-21(17-25(24)34-3)27-28(32)29(22-9-7-5-6-8-10-22)19-26(31)30(27)18-20-11-14-23(33-2)15-12-20/h11-17,22,27H,4-10,18-19H2,1-3H3/t27-/m1/s1. The molecule has 1 heterocycles. The summed E-state index contributed by atoms with van der Waals surface area (Å²) in [6.07, 6.45) is 6.48. The van der Waals surface area contributed by atoms with Crippen LogP contribution >= 0.6 is 0 Å². The number of carbonyl (C=O) groups excluding carboxylic acids is 2. The van der Waals surface area contributed by atoms with Gasteiger partial charge in [-0.25, -0.2) is 0 Å². The van der Waals surface area contributed by atoms with Gasteiger partial charge in [-0.15, -0.1) is 0 Å². The van der Waals surface area contributed by atoms with Gasteiger partial charge in [0, 0.05) is 12.6 Å². The molecule has 0 spiro atoms. The van der Waals surface area contributed by atoms with Crippen molar-refractivity contribution in [2.24, 2.45) is 0 Å². The molecule has 0 bridgehead atoms. The zero-order valence-electron chi connectivity index (χ0n) is 21.0.